The first kappa shape index (κ1) is 57.3. The number of ether oxygens (including phenoxy) is 4. The molecule has 0 aliphatic rings. The van der Waals surface area contributed by atoms with Gasteiger partial charge in [0.15, 0.2) is 12.4 Å². The van der Waals surface area contributed by atoms with Gasteiger partial charge in [-0.1, -0.05) is 219 Å². The zero-order valence-corrected chi connectivity index (χ0v) is 39.7. The Morgan fingerprint density at radius 3 is 1.08 bits per heavy atom. The Balaban J connectivity index is 4.31. The van der Waals surface area contributed by atoms with Crippen LogP contribution in [0.3, 0.4) is 0 Å². The van der Waals surface area contributed by atoms with Crippen LogP contribution in [0.15, 0.2) is 0 Å². The standard InChI is InChI=1S/C50H97NO8/c1-6-8-10-12-14-16-18-20-22-24-25-27-29-31-33-35-37-39-41-48(53)59-46(45-58-50(49(54)55)56-43-42-51(3,4)5)44-57-47(52)40-38-36-34-32-30-28-26-23-21-19-17-15-13-11-9-7-2/h46,50H,6-45H2,1-5H3. The lowest BCUT2D eigenvalue weighted by atomic mass is 10.0. The van der Waals surface area contributed by atoms with Gasteiger partial charge in [-0.25, -0.2) is 0 Å². The van der Waals surface area contributed by atoms with Gasteiger partial charge in [-0.3, -0.25) is 9.59 Å². The first-order valence-electron chi connectivity index (χ1n) is 25.2. The van der Waals surface area contributed by atoms with Crippen LogP contribution in [0.5, 0.6) is 0 Å². The average Bonchev–Trinajstić information content (AvgIpc) is 3.19. The molecule has 0 amide bonds. The van der Waals surface area contributed by atoms with Gasteiger partial charge in [-0.05, 0) is 12.8 Å². The highest BCUT2D eigenvalue weighted by molar-refractivity contribution is 5.70. The van der Waals surface area contributed by atoms with E-state index in [2.05, 4.69) is 13.8 Å². The first-order valence-corrected chi connectivity index (χ1v) is 25.2. The molecule has 9 nitrogen and oxygen atoms in total. The van der Waals surface area contributed by atoms with Crippen LogP contribution in [-0.2, 0) is 33.3 Å². The SMILES string of the molecule is CCCCCCCCCCCCCCCCCCCCC(=O)OC(COC(=O)CCCCCCCCCCCCCCCCCC)COC(OCC[N+](C)(C)C)C(=O)[O-]. The molecular weight excluding hydrogens is 743 g/mol. The molecule has 0 saturated heterocycles. The number of carbonyl (C=O) groups is 3. The highest BCUT2D eigenvalue weighted by Gasteiger charge is 2.22. The van der Waals surface area contributed by atoms with Gasteiger partial charge in [0, 0.05) is 12.8 Å². The van der Waals surface area contributed by atoms with Crippen molar-refractivity contribution >= 4 is 17.9 Å². The summed E-state index contributed by atoms with van der Waals surface area (Å²) in [5, 5.41) is 11.7. The minimum Gasteiger partial charge on any atom is -0.545 e. The molecule has 0 heterocycles. The van der Waals surface area contributed by atoms with Crippen LogP contribution in [-0.4, -0.2) is 82.3 Å². The van der Waals surface area contributed by atoms with Crippen molar-refractivity contribution in [1.29, 1.82) is 0 Å². The van der Waals surface area contributed by atoms with Crippen molar-refractivity contribution in [2.45, 2.75) is 257 Å². The number of nitrogens with zero attached hydrogens (tertiary/aromatic N) is 1. The van der Waals surface area contributed by atoms with E-state index in [0.717, 1.165) is 38.5 Å². The van der Waals surface area contributed by atoms with Crippen LogP contribution in [0.25, 0.3) is 0 Å². The smallest absolute Gasteiger partial charge is 0.306 e. The maximum atomic E-state index is 12.8. The second kappa shape index (κ2) is 43.0. The summed E-state index contributed by atoms with van der Waals surface area (Å²) in [5.74, 6) is -2.26. The highest BCUT2D eigenvalue weighted by Crippen LogP contribution is 2.17. The number of carboxylic acid groups (broad SMARTS) is 1. The summed E-state index contributed by atoms with van der Waals surface area (Å²) in [6, 6.07) is 0. The van der Waals surface area contributed by atoms with Gasteiger partial charge in [0.05, 0.1) is 40.3 Å². The minimum absolute atomic E-state index is 0.153. The van der Waals surface area contributed by atoms with Gasteiger partial charge in [0.1, 0.15) is 13.2 Å². The Bertz CT molecular complexity index is 938. The molecule has 2 atom stereocenters. The molecule has 2 unspecified atom stereocenters. The molecule has 0 fully saturated rings. The number of aliphatic carboxylic acids is 1. The average molecular weight is 840 g/mol. The van der Waals surface area contributed by atoms with Crippen molar-refractivity contribution in [2.24, 2.45) is 0 Å². The van der Waals surface area contributed by atoms with Crippen LogP contribution in [0, 0.1) is 0 Å². The highest BCUT2D eigenvalue weighted by atomic mass is 16.7. The molecule has 0 aromatic carbocycles. The van der Waals surface area contributed by atoms with E-state index in [9.17, 15) is 19.5 Å². The molecule has 0 aromatic heterocycles. The summed E-state index contributed by atoms with van der Waals surface area (Å²) in [6.45, 7) is 4.79. The fourth-order valence-corrected chi connectivity index (χ4v) is 7.42. The Morgan fingerprint density at radius 2 is 0.763 bits per heavy atom. The van der Waals surface area contributed by atoms with Crippen molar-refractivity contribution in [1.82, 2.24) is 0 Å². The van der Waals surface area contributed by atoms with Gasteiger partial charge in [-0.2, -0.15) is 0 Å². The van der Waals surface area contributed by atoms with Gasteiger partial charge in [0.2, 0.25) is 0 Å². The molecular formula is C50H97NO8. The molecule has 59 heavy (non-hydrogen) atoms. The number of rotatable bonds is 47. The number of hydrogen-bond acceptors (Lipinski definition) is 8. The molecule has 9 heteroatoms. The molecule has 0 saturated carbocycles. The lowest BCUT2D eigenvalue weighted by Gasteiger charge is -2.26. The number of hydrogen-bond donors (Lipinski definition) is 0. The molecule has 0 rings (SSSR count). The van der Waals surface area contributed by atoms with Crippen molar-refractivity contribution in [3.63, 3.8) is 0 Å². The monoisotopic (exact) mass is 840 g/mol. The summed E-state index contributed by atoms with van der Waals surface area (Å²) in [5.41, 5.74) is 0. The Labute approximate surface area is 364 Å². The van der Waals surface area contributed by atoms with E-state index in [1.54, 1.807) is 0 Å². The molecule has 0 aromatic rings. The summed E-state index contributed by atoms with van der Waals surface area (Å²) < 4.78 is 22.6. The second-order valence-electron chi connectivity index (χ2n) is 18.5. The molecule has 0 bridgehead atoms. The molecule has 350 valence electrons. The van der Waals surface area contributed by atoms with E-state index >= 15 is 0 Å². The van der Waals surface area contributed by atoms with E-state index in [0.29, 0.717) is 17.4 Å². The zero-order chi connectivity index (χ0) is 43.5. The summed E-state index contributed by atoms with van der Waals surface area (Å²) in [4.78, 5) is 37.1. The van der Waals surface area contributed by atoms with Crippen molar-refractivity contribution in [2.75, 3.05) is 47.5 Å². The number of carboxylic acids is 1. The fraction of sp³-hybridized carbons (Fsp3) is 0.940. The predicted molar refractivity (Wildman–Crippen MR) is 242 cm³/mol. The minimum atomic E-state index is -1.61. The van der Waals surface area contributed by atoms with E-state index in [4.69, 9.17) is 18.9 Å². The number of unbranched alkanes of at least 4 members (excludes halogenated alkanes) is 32. The summed E-state index contributed by atoms with van der Waals surface area (Å²) in [6.07, 6.45) is 41.3. The van der Waals surface area contributed by atoms with Gasteiger partial charge >= 0.3 is 11.9 Å². The van der Waals surface area contributed by atoms with Crippen LogP contribution < -0.4 is 5.11 Å². The van der Waals surface area contributed by atoms with Crippen LogP contribution in [0.1, 0.15) is 245 Å². The molecule has 0 aliphatic carbocycles. The lowest BCUT2D eigenvalue weighted by Crippen LogP contribution is -2.44. The third-order valence-corrected chi connectivity index (χ3v) is 11.4. The molecule has 0 radical (unpaired) electrons. The normalized spacial score (nSPS) is 12.8. The first-order chi connectivity index (χ1) is 28.6. The quantitative estimate of drug-likeness (QED) is 0.0258. The third kappa shape index (κ3) is 44.2. The van der Waals surface area contributed by atoms with Gasteiger partial charge in [-0.15, -0.1) is 0 Å². The van der Waals surface area contributed by atoms with Gasteiger partial charge < -0.3 is 33.3 Å². The summed E-state index contributed by atoms with van der Waals surface area (Å²) >= 11 is 0. The Morgan fingerprint density at radius 1 is 0.441 bits per heavy atom. The van der Waals surface area contributed by atoms with E-state index in [-0.39, 0.29) is 32.2 Å². The Kier molecular flexibility index (Phi) is 41.7. The van der Waals surface area contributed by atoms with Crippen molar-refractivity contribution < 1.29 is 42.9 Å². The lowest BCUT2D eigenvalue weighted by molar-refractivity contribution is -0.870. The number of carbonyl (C=O) groups excluding carboxylic acids is 3. The van der Waals surface area contributed by atoms with E-state index in [1.165, 1.54) is 180 Å². The Hall–Kier alpha value is -1.71. The molecule has 0 spiro atoms. The van der Waals surface area contributed by atoms with Crippen LogP contribution in [0.4, 0.5) is 0 Å². The number of esters is 2. The topological polar surface area (TPSA) is 111 Å². The number of likely N-dealkylation sites (N-methyl/N-ethyl adjacent to an activating group) is 1. The largest absolute Gasteiger partial charge is 0.545 e. The maximum absolute atomic E-state index is 12.8. The molecule has 0 aliphatic heterocycles. The fourth-order valence-electron chi connectivity index (χ4n) is 7.42. The third-order valence-electron chi connectivity index (χ3n) is 11.4. The second-order valence-corrected chi connectivity index (χ2v) is 18.5. The van der Waals surface area contributed by atoms with Crippen LogP contribution in [0.2, 0.25) is 0 Å². The number of quaternary nitrogens is 1. The van der Waals surface area contributed by atoms with Crippen molar-refractivity contribution in [3.05, 3.63) is 0 Å². The maximum Gasteiger partial charge on any atom is 0.306 e. The molecule has 0 N–H and O–H groups in total. The zero-order valence-electron chi connectivity index (χ0n) is 39.7. The van der Waals surface area contributed by atoms with E-state index in [1.807, 2.05) is 21.1 Å². The van der Waals surface area contributed by atoms with Gasteiger partial charge in [0.25, 0.3) is 0 Å². The van der Waals surface area contributed by atoms with E-state index < -0.39 is 24.3 Å². The van der Waals surface area contributed by atoms with Crippen LogP contribution >= 0.6 is 0 Å². The van der Waals surface area contributed by atoms with Crippen molar-refractivity contribution in [3.8, 4) is 0 Å². The summed E-state index contributed by atoms with van der Waals surface area (Å²) in [7, 11) is 5.92. The predicted octanol–water partition coefficient (Wildman–Crippen LogP) is 12.3.